The van der Waals surface area contributed by atoms with E-state index in [0.717, 1.165) is 0 Å². The summed E-state index contributed by atoms with van der Waals surface area (Å²) in [4.78, 5) is 37.3. The Balaban J connectivity index is 1.96. The molecule has 0 bridgehead atoms. The fraction of sp³-hybridized carbons (Fsp3) is 0.211. The highest BCUT2D eigenvalue weighted by Crippen LogP contribution is 2.22. The molecule has 0 heterocycles. The van der Waals surface area contributed by atoms with Crippen molar-refractivity contribution < 1.29 is 18.8 Å². The number of carbonyl (C=O) groups excluding carboxylic acids is 3. The van der Waals surface area contributed by atoms with Gasteiger partial charge in [0.05, 0.1) is 16.1 Å². The zero-order valence-electron chi connectivity index (χ0n) is 14.4. The largest absolute Gasteiger partial charge is 0.345 e. The minimum Gasteiger partial charge on any atom is -0.345 e. The summed E-state index contributed by atoms with van der Waals surface area (Å²) in [6, 6.07) is 10.2. The van der Waals surface area contributed by atoms with Crippen LogP contribution in [0.15, 0.2) is 42.5 Å². The van der Waals surface area contributed by atoms with Crippen LogP contribution in [0.1, 0.15) is 33.6 Å². The van der Waals surface area contributed by atoms with Crippen LogP contribution in [0, 0.1) is 5.82 Å². The van der Waals surface area contributed by atoms with E-state index in [2.05, 4.69) is 5.32 Å². The number of rotatable bonds is 6. The van der Waals surface area contributed by atoms with Gasteiger partial charge in [-0.3, -0.25) is 14.4 Å². The monoisotopic (exact) mass is 376 g/mol. The first-order chi connectivity index (χ1) is 12.3. The summed E-state index contributed by atoms with van der Waals surface area (Å²) in [5.74, 6) is -1.70. The highest BCUT2D eigenvalue weighted by Gasteiger charge is 2.15. The molecule has 0 saturated heterocycles. The Bertz CT molecular complexity index is 852. The van der Waals surface area contributed by atoms with E-state index in [0.29, 0.717) is 11.3 Å². The Morgan fingerprint density at radius 1 is 1.04 bits per heavy atom. The molecule has 2 amide bonds. The van der Waals surface area contributed by atoms with Crippen LogP contribution >= 0.6 is 11.6 Å². The number of anilines is 1. The SMILES string of the molecule is CN(C)C(=O)c1ccc(NC(=O)CCC(=O)c2ccccc2F)cc1Cl. The van der Waals surface area contributed by atoms with Gasteiger partial charge in [0.25, 0.3) is 5.91 Å². The standard InChI is InChI=1S/C19H18ClFN2O3/c1-23(2)19(26)13-8-7-12(11-15(13)20)22-18(25)10-9-17(24)14-5-3-4-6-16(14)21/h3-8,11H,9-10H2,1-2H3,(H,22,25). The maximum absolute atomic E-state index is 13.5. The molecule has 0 aromatic heterocycles. The van der Waals surface area contributed by atoms with E-state index in [1.807, 2.05) is 0 Å². The van der Waals surface area contributed by atoms with Gasteiger partial charge in [-0.1, -0.05) is 23.7 Å². The molecule has 7 heteroatoms. The highest BCUT2D eigenvalue weighted by molar-refractivity contribution is 6.34. The molecule has 0 unspecified atom stereocenters. The number of carbonyl (C=O) groups is 3. The first-order valence-corrected chi connectivity index (χ1v) is 8.26. The van der Waals surface area contributed by atoms with Gasteiger partial charge in [-0.25, -0.2) is 4.39 Å². The van der Waals surface area contributed by atoms with E-state index in [1.54, 1.807) is 26.2 Å². The zero-order chi connectivity index (χ0) is 19.3. The lowest BCUT2D eigenvalue weighted by molar-refractivity contribution is -0.116. The molecule has 1 N–H and O–H groups in total. The van der Waals surface area contributed by atoms with E-state index in [9.17, 15) is 18.8 Å². The molecule has 0 aliphatic carbocycles. The first kappa shape index (κ1) is 19.6. The van der Waals surface area contributed by atoms with Crippen LogP contribution in [-0.2, 0) is 4.79 Å². The van der Waals surface area contributed by atoms with Crippen LogP contribution in [0.25, 0.3) is 0 Å². The summed E-state index contributed by atoms with van der Waals surface area (Å²) in [5, 5.41) is 2.82. The molecule has 0 fully saturated rings. The summed E-state index contributed by atoms with van der Waals surface area (Å²) in [5.41, 5.74) is 0.702. The molecule has 5 nitrogen and oxygen atoms in total. The third kappa shape index (κ3) is 4.89. The quantitative estimate of drug-likeness (QED) is 0.780. The van der Waals surface area contributed by atoms with Crippen molar-refractivity contribution in [3.05, 3.63) is 64.4 Å². The molecule has 0 spiro atoms. The van der Waals surface area contributed by atoms with E-state index in [1.165, 1.54) is 35.2 Å². The Labute approximate surface area is 155 Å². The zero-order valence-corrected chi connectivity index (χ0v) is 15.1. The van der Waals surface area contributed by atoms with E-state index in [-0.39, 0.29) is 29.3 Å². The van der Waals surface area contributed by atoms with Crippen molar-refractivity contribution in [3.63, 3.8) is 0 Å². The molecule has 2 aromatic carbocycles. The van der Waals surface area contributed by atoms with Crippen molar-refractivity contribution in [2.75, 3.05) is 19.4 Å². The van der Waals surface area contributed by atoms with Gasteiger partial charge in [0.15, 0.2) is 5.78 Å². The molecule has 0 atom stereocenters. The van der Waals surface area contributed by atoms with Gasteiger partial charge in [-0.05, 0) is 30.3 Å². The lowest BCUT2D eigenvalue weighted by atomic mass is 10.1. The topological polar surface area (TPSA) is 66.5 Å². The van der Waals surface area contributed by atoms with Crippen LogP contribution in [0.3, 0.4) is 0 Å². The van der Waals surface area contributed by atoms with Gasteiger partial charge in [-0.2, -0.15) is 0 Å². The maximum Gasteiger partial charge on any atom is 0.254 e. The second-order valence-corrected chi connectivity index (χ2v) is 6.25. The van der Waals surface area contributed by atoms with Gasteiger partial charge in [0.1, 0.15) is 5.82 Å². The summed E-state index contributed by atoms with van der Waals surface area (Å²) in [7, 11) is 3.22. The van der Waals surface area contributed by atoms with Crippen LogP contribution < -0.4 is 5.32 Å². The van der Waals surface area contributed by atoms with Gasteiger partial charge < -0.3 is 10.2 Å². The summed E-state index contributed by atoms with van der Waals surface area (Å²) in [6.07, 6.45) is -0.207. The number of amides is 2. The van der Waals surface area contributed by atoms with Crippen LogP contribution in [-0.4, -0.2) is 36.6 Å². The molecular formula is C19H18ClFN2O3. The Morgan fingerprint density at radius 2 is 1.73 bits per heavy atom. The molecule has 2 rings (SSSR count). The van der Waals surface area contributed by atoms with Crippen LogP contribution in [0.5, 0.6) is 0 Å². The van der Waals surface area contributed by atoms with Crippen molar-refractivity contribution in [1.29, 1.82) is 0 Å². The van der Waals surface area contributed by atoms with Crippen molar-refractivity contribution in [2.24, 2.45) is 0 Å². The second-order valence-electron chi connectivity index (χ2n) is 5.85. The lowest BCUT2D eigenvalue weighted by Gasteiger charge is -2.12. The fourth-order valence-corrected chi connectivity index (χ4v) is 2.54. The van der Waals surface area contributed by atoms with Crippen molar-refractivity contribution in [3.8, 4) is 0 Å². The van der Waals surface area contributed by atoms with Gasteiger partial charge in [0, 0.05) is 32.6 Å². The molecule has 26 heavy (non-hydrogen) atoms. The normalized spacial score (nSPS) is 10.3. The predicted octanol–water partition coefficient (Wildman–Crippen LogP) is 3.78. The van der Waals surface area contributed by atoms with Crippen molar-refractivity contribution in [1.82, 2.24) is 4.90 Å². The van der Waals surface area contributed by atoms with Gasteiger partial charge >= 0.3 is 0 Å². The molecular weight excluding hydrogens is 359 g/mol. The van der Waals surface area contributed by atoms with E-state index < -0.39 is 17.5 Å². The number of nitrogens with zero attached hydrogens (tertiary/aromatic N) is 1. The number of ketones is 1. The minimum absolute atomic E-state index is 0.0325. The lowest BCUT2D eigenvalue weighted by Crippen LogP contribution is -2.22. The molecule has 136 valence electrons. The third-order valence-electron chi connectivity index (χ3n) is 3.64. The van der Waals surface area contributed by atoms with E-state index in [4.69, 9.17) is 11.6 Å². The maximum atomic E-state index is 13.5. The summed E-state index contributed by atoms with van der Waals surface area (Å²) < 4.78 is 13.5. The van der Waals surface area contributed by atoms with Gasteiger partial charge in [0.2, 0.25) is 5.91 Å². The Morgan fingerprint density at radius 3 is 2.35 bits per heavy atom. The van der Waals surface area contributed by atoms with Crippen molar-refractivity contribution in [2.45, 2.75) is 12.8 Å². The summed E-state index contributed by atoms with van der Waals surface area (Å²) in [6.45, 7) is 0. The number of halogens is 2. The highest BCUT2D eigenvalue weighted by atomic mass is 35.5. The molecule has 0 aliphatic heterocycles. The van der Waals surface area contributed by atoms with Crippen LogP contribution in [0.2, 0.25) is 5.02 Å². The third-order valence-corrected chi connectivity index (χ3v) is 3.96. The molecule has 0 saturated carbocycles. The predicted molar refractivity (Wildman–Crippen MR) is 98.1 cm³/mol. The Kier molecular flexibility index (Phi) is 6.46. The first-order valence-electron chi connectivity index (χ1n) is 7.88. The molecule has 2 aromatic rings. The average Bonchev–Trinajstić information content (AvgIpc) is 2.59. The van der Waals surface area contributed by atoms with Gasteiger partial charge in [-0.15, -0.1) is 0 Å². The minimum atomic E-state index is -0.606. The number of nitrogens with one attached hydrogen (secondary N) is 1. The number of Topliss-reactive ketones (excluding diaryl/α,β-unsaturated/α-hetero) is 1. The van der Waals surface area contributed by atoms with Crippen molar-refractivity contribution >= 4 is 34.9 Å². The average molecular weight is 377 g/mol. The number of benzene rings is 2. The second kappa shape index (κ2) is 8.58. The molecule has 0 aliphatic rings. The number of hydrogen-bond acceptors (Lipinski definition) is 3. The molecule has 0 radical (unpaired) electrons. The van der Waals surface area contributed by atoms with E-state index >= 15 is 0 Å². The fourth-order valence-electron chi connectivity index (χ4n) is 2.28. The summed E-state index contributed by atoms with van der Waals surface area (Å²) >= 11 is 6.08. The smallest absolute Gasteiger partial charge is 0.254 e. The Hall–Kier alpha value is -2.73. The number of hydrogen-bond donors (Lipinski definition) is 1. The van der Waals surface area contributed by atoms with Crippen LogP contribution in [0.4, 0.5) is 10.1 Å².